The Labute approximate surface area is 98.0 Å². The van der Waals surface area contributed by atoms with Crippen molar-refractivity contribution in [1.82, 2.24) is 0 Å². The molecule has 0 heterocycles. The lowest BCUT2D eigenvalue weighted by atomic mass is 10.1. The number of nitro groups is 1. The first kappa shape index (κ1) is 13.1. The predicted molar refractivity (Wildman–Crippen MR) is 60.3 cm³/mol. The summed E-state index contributed by atoms with van der Waals surface area (Å²) in [6.45, 7) is 3.10. The van der Waals surface area contributed by atoms with Crippen molar-refractivity contribution in [3.63, 3.8) is 0 Å². The van der Waals surface area contributed by atoms with Crippen LogP contribution >= 0.6 is 0 Å². The van der Waals surface area contributed by atoms with Gasteiger partial charge in [-0.2, -0.15) is 0 Å². The summed E-state index contributed by atoms with van der Waals surface area (Å²) in [5.74, 6) is 0.215. The van der Waals surface area contributed by atoms with Crippen LogP contribution in [0.25, 0.3) is 0 Å². The lowest BCUT2D eigenvalue weighted by Crippen LogP contribution is -2.28. The quantitative estimate of drug-likeness (QED) is 0.478. The molecule has 1 rings (SSSR count). The van der Waals surface area contributed by atoms with Crippen LogP contribution in [0.5, 0.6) is 5.75 Å². The maximum absolute atomic E-state index is 10.8. The highest BCUT2D eigenvalue weighted by molar-refractivity contribution is 5.80. The second kappa shape index (κ2) is 4.92. The number of benzene rings is 1. The molecule has 0 aromatic heterocycles. The zero-order valence-corrected chi connectivity index (χ0v) is 9.54. The number of nitro benzene ring substituents is 1. The van der Waals surface area contributed by atoms with Crippen molar-refractivity contribution in [1.29, 1.82) is 0 Å². The Hall–Kier alpha value is -1.95. The molecule has 0 aliphatic heterocycles. The largest absolute Gasteiger partial charge is 0.490 e. The van der Waals surface area contributed by atoms with Crippen LogP contribution in [0.15, 0.2) is 18.2 Å². The molecule has 1 aromatic carbocycles. The van der Waals surface area contributed by atoms with E-state index in [1.54, 1.807) is 13.8 Å². The number of non-ortho nitro benzene ring substituents is 1. The predicted octanol–water partition coefficient (Wildman–Crippen LogP) is 1.56. The van der Waals surface area contributed by atoms with E-state index >= 15 is 0 Å². The molecule has 6 nitrogen and oxygen atoms in total. The SMILES string of the molecule is CC(C)(O)COc1ccc([N+](=O)[O-])cc1C=O. The molecule has 0 aliphatic carbocycles. The Morgan fingerprint density at radius 3 is 2.65 bits per heavy atom. The number of ether oxygens (including phenoxy) is 1. The van der Waals surface area contributed by atoms with E-state index in [0.29, 0.717) is 6.29 Å². The fourth-order valence-electron chi connectivity index (χ4n) is 1.13. The average molecular weight is 239 g/mol. The maximum Gasteiger partial charge on any atom is 0.270 e. The topological polar surface area (TPSA) is 89.7 Å². The van der Waals surface area contributed by atoms with Crippen LogP contribution in [-0.2, 0) is 0 Å². The van der Waals surface area contributed by atoms with E-state index in [2.05, 4.69) is 0 Å². The minimum absolute atomic E-state index is 0.00828. The van der Waals surface area contributed by atoms with Crippen molar-refractivity contribution < 1.29 is 19.6 Å². The number of hydrogen-bond donors (Lipinski definition) is 1. The van der Waals surface area contributed by atoms with E-state index in [-0.39, 0.29) is 23.6 Å². The zero-order valence-electron chi connectivity index (χ0n) is 9.54. The molecule has 6 heteroatoms. The summed E-state index contributed by atoms with van der Waals surface area (Å²) in [6, 6.07) is 3.72. The third-order valence-electron chi connectivity index (χ3n) is 1.91. The number of carbonyl (C=O) groups is 1. The Kier molecular flexibility index (Phi) is 3.80. The lowest BCUT2D eigenvalue weighted by Gasteiger charge is -2.18. The second-order valence-corrected chi connectivity index (χ2v) is 4.20. The third kappa shape index (κ3) is 3.84. The van der Waals surface area contributed by atoms with Gasteiger partial charge in [0.15, 0.2) is 6.29 Å². The summed E-state index contributed by atoms with van der Waals surface area (Å²) >= 11 is 0. The summed E-state index contributed by atoms with van der Waals surface area (Å²) < 4.78 is 5.22. The van der Waals surface area contributed by atoms with Gasteiger partial charge in [0, 0.05) is 12.1 Å². The normalized spacial score (nSPS) is 11.0. The van der Waals surface area contributed by atoms with Gasteiger partial charge in [0.05, 0.1) is 16.1 Å². The highest BCUT2D eigenvalue weighted by Crippen LogP contribution is 2.23. The van der Waals surface area contributed by atoms with Gasteiger partial charge in [0.25, 0.3) is 5.69 Å². The highest BCUT2D eigenvalue weighted by atomic mass is 16.6. The summed E-state index contributed by atoms with van der Waals surface area (Å²) in [5, 5.41) is 20.0. The van der Waals surface area contributed by atoms with Crippen LogP contribution < -0.4 is 4.74 Å². The van der Waals surface area contributed by atoms with Crippen LogP contribution in [0.1, 0.15) is 24.2 Å². The number of hydrogen-bond acceptors (Lipinski definition) is 5. The van der Waals surface area contributed by atoms with Gasteiger partial charge in [-0.25, -0.2) is 0 Å². The van der Waals surface area contributed by atoms with Gasteiger partial charge in [-0.05, 0) is 19.9 Å². The molecule has 17 heavy (non-hydrogen) atoms. The molecule has 92 valence electrons. The minimum Gasteiger partial charge on any atom is -0.490 e. The van der Waals surface area contributed by atoms with E-state index in [1.807, 2.05) is 0 Å². The lowest BCUT2D eigenvalue weighted by molar-refractivity contribution is -0.384. The van der Waals surface area contributed by atoms with Crippen LogP contribution in [0.2, 0.25) is 0 Å². The molecule has 0 unspecified atom stereocenters. The number of nitrogens with zero attached hydrogens (tertiary/aromatic N) is 1. The molecular weight excluding hydrogens is 226 g/mol. The van der Waals surface area contributed by atoms with Crippen molar-refractivity contribution in [3.8, 4) is 5.75 Å². The molecule has 0 saturated heterocycles. The molecule has 0 radical (unpaired) electrons. The molecule has 0 amide bonds. The summed E-state index contributed by atoms with van der Waals surface area (Å²) in [6.07, 6.45) is 0.479. The molecule has 0 spiro atoms. The van der Waals surface area contributed by atoms with Crippen LogP contribution in [0.3, 0.4) is 0 Å². The molecule has 0 bridgehead atoms. The van der Waals surface area contributed by atoms with Crippen molar-refractivity contribution >= 4 is 12.0 Å². The number of aldehydes is 1. The molecule has 0 fully saturated rings. The van der Waals surface area contributed by atoms with Crippen molar-refractivity contribution in [3.05, 3.63) is 33.9 Å². The van der Waals surface area contributed by atoms with Gasteiger partial charge < -0.3 is 9.84 Å². The number of aliphatic hydroxyl groups is 1. The van der Waals surface area contributed by atoms with Crippen LogP contribution in [0.4, 0.5) is 5.69 Å². The Bertz CT molecular complexity index is 436. The Morgan fingerprint density at radius 1 is 1.53 bits per heavy atom. The van der Waals surface area contributed by atoms with Crippen molar-refractivity contribution in [2.24, 2.45) is 0 Å². The number of rotatable bonds is 5. The monoisotopic (exact) mass is 239 g/mol. The van der Waals surface area contributed by atoms with Gasteiger partial charge in [-0.3, -0.25) is 14.9 Å². The molecule has 1 aromatic rings. The van der Waals surface area contributed by atoms with Crippen molar-refractivity contribution in [2.75, 3.05) is 6.61 Å². The van der Waals surface area contributed by atoms with E-state index in [9.17, 15) is 20.0 Å². The first-order chi connectivity index (χ1) is 7.83. The summed E-state index contributed by atoms with van der Waals surface area (Å²) in [4.78, 5) is 20.7. The van der Waals surface area contributed by atoms with Gasteiger partial charge in [0.1, 0.15) is 12.4 Å². The molecule has 1 N–H and O–H groups in total. The van der Waals surface area contributed by atoms with Gasteiger partial charge in [0.2, 0.25) is 0 Å². The van der Waals surface area contributed by atoms with E-state index < -0.39 is 10.5 Å². The molecule has 0 aliphatic rings. The number of carbonyl (C=O) groups excluding carboxylic acids is 1. The first-order valence-electron chi connectivity index (χ1n) is 4.92. The van der Waals surface area contributed by atoms with Crippen molar-refractivity contribution in [2.45, 2.75) is 19.4 Å². The fourth-order valence-corrected chi connectivity index (χ4v) is 1.13. The first-order valence-corrected chi connectivity index (χ1v) is 4.92. The second-order valence-electron chi connectivity index (χ2n) is 4.20. The average Bonchev–Trinajstić information content (AvgIpc) is 2.24. The maximum atomic E-state index is 10.8. The molecular formula is C11H13NO5. The fraction of sp³-hybridized carbons (Fsp3) is 0.364. The standard InChI is InChI=1S/C11H13NO5/c1-11(2,14)7-17-10-4-3-9(12(15)16)5-8(10)6-13/h3-6,14H,7H2,1-2H3. The van der Waals surface area contributed by atoms with Crippen LogP contribution in [-0.4, -0.2) is 28.5 Å². The van der Waals surface area contributed by atoms with Crippen LogP contribution in [0, 0.1) is 10.1 Å². The van der Waals surface area contributed by atoms with E-state index in [0.717, 1.165) is 6.07 Å². The van der Waals surface area contributed by atoms with Gasteiger partial charge in [-0.15, -0.1) is 0 Å². The molecule has 0 saturated carbocycles. The molecule has 0 atom stereocenters. The van der Waals surface area contributed by atoms with E-state index in [4.69, 9.17) is 4.74 Å². The smallest absolute Gasteiger partial charge is 0.270 e. The third-order valence-corrected chi connectivity index (χ3v) is 1.91. The minimum atomic E-state index is -1.04. The Balaban J connectivity index is 2.93. The van der Waals surface area contributed by atoms with Gasteiger partial charge in [-0.1, -0.05) is 0 Å². The van der Waals surface area contributed by atoms with E-state index in [1.165, 1.54) is 12.1 Å². The summed E-state index contributed by atoms with van der Waals surface area (Å²) in [7, 11) is 0. The summed E-state index contributed by atoms with van der Waals surface area (Å²) in [5.41, 5.74) is -1.13. The Morgan fingerprint density at radius 2 is 2.18 bits per heavy atom. The zero-order chi connectivity index (χ0) is 13.1. The highest BCUT2D eigenvalue weighted by Gasteiger charge is 2.16. The van der Waals surface area contributed by atoms with Gasteiger partial charge >= 0.3 is 0 Å².